The van der Waals surface area contributed by atoms with E-state index in [0.29, 0.717) is 30.0 Å². The lowest BCUT2D eigenvalue weighted by molar-refractivity contribution is -0.120. The Labute approximate surface area is 106 Å². The fourth-order valence-corrected chi connectivity index (χ4v) is 1.51. The second-order valence-electron chi connectivity index (χ2n) is 3.51. The quantitative estimate of drug-likeness (QED) is 0.788. The average Bonchev–Trinajstić information content (AvgIpc) is 2.36. The number of hydrogen-bond acceptors (Lipinski definition) is 3. The summed E-state index contributed by atoms with van der Waals surface area (Å²) in [4.78, 5) is 11.0. The molecule has 0 fully saturated rings. The molecule has 90 valence electrons. The molecule has 0 aliphatic carbocycles. The van der Waals surface area contributed by atoms with Gasteiger partial charge >= 0.3 is 0 Å². The molecular formula is C12H14ClN3O. The van der Waals surface area contributed by atoms with Crippen LogP contribution in [0.4, 0.5) is 5.69 Å². The van der Waals surface area contributed by atoms with Crippen LogP contribution in [-0.2, 0) is 4.79 Å². The number of benzene rings is 1. The van der Waals surface area contributed by atoms with E-state index in [2.05, 4.69) is 10.6 Å². The molecule has 0 unspecified atom stereocenters. The monoisotopic (exact) mass is 251 g/mol. The van der Waals surface area contributed by atoms with E-state index < -0.39 is 0 Å². The van der Waals surface area contributed by atoms with Gasteiger partial charge in [0, 0.05) is 20.0 Å². The first-order valence-electron chi connectivity index (χ1n) is 5.31. The minimum absolute atomic E-state index is 0.0173. The Hall–Kier alpha value is -1.73. The van der Waals surface area contributed by atoms with Gasteiger partial charge in [-0.15, -0.1) is 0 Å². The zero-order chi connectivity index (χ0) is 12.7. The van der Waals surface area contributed by atoms with Gasteiger partial charge in [-0.3, -0.25) is 4.79 Å². The van der Waals surface area contributed by atoms with Gasteiger partial charge in [0.05, 0.1) is 22.3 Å². The van der Waals surface area contributed by atoms with Gasteiger partial charge in [0.25, 0.3) is 0 Å². The molecule has 0 saturated heterocycles. The zero-order valence-corrected chi connectivity index (χ0v) is 10.3. The summed E-state index contributed by atoms with van der Waals surface area (Å²) in [5, 5.41) is 15.0. The van der Waals surface area contributed by atoms with Crippen LogP contribution in [0.5, 0.6) is 0 Å². The first kappa shape index (κ1) is 13.3. The largest absolute Gasteiger partial charge is 0.384 e. The summed E-state index contributed by atoms with van der Waals surface area (Å²) in [5.74, 6) is 0.0173. The van der Waals surface area contributed by atoms with E-state index >= 15 is 0 Å². The number of rotatable bonds is 5. The van der Waals surface area contributed by atoms with Crippen LogP contribution < -0.4 is 10.6 Å². The van der Waals surface area contributed by atoms with Crippen LogP contribution in [0.15, 0.2) is 18.2 Å². The lowest BCUT2D eigenvalue weighted by Crippen LogP contribution is -2.18. The molecule has 0 aromatic heterocycles. The Morgan fingerprint density at radius 2 is 2.29 bits per heavy atom. The number of hydrogen-bond donors (Lipinski definition) is 2. The summed E-state index contributed by atoms with van der Waals surface area (Å²) in [6.45, 7) is 0.641. The average molecular weight is 252 g/mol. The molecule has 0 bridgehead atoms. The second-order valence-corrected chi connectivity index (χ2v) is 3.92. The van der Waals surface area contributed by atoms with Crippen LogP contribution in [-0.4, -0.2) is 19.5 Å². The lowest BCUT2D eigenvalue weighted by atomic mass is 10.2. The van der Waals surface area contributed by atoms with E-state index in [1.54, 1.807) is 25.2 Å². The first-order valence-corrected chi connectivity index (χ1v) is 5.69. The molecule has 1 aromatic rings. The number of halogens is 1. The summed E-state index contributed by atoms with van der Waals surface area (Å²) in [6.07, 6.45) is 1.19. The lowest BCUT2D eigenvalue weighted by Gasteiger charge is -2.08. The van der Waals surface area contributed by atoms with Crippen molar-refractivity contribution >= 4 is 23.2 Å². The predicted molar refractivity (Wildman–Crippen MR) is 68.0 cm³/mol. The van der Waals surface area contributed by atoms with E-state index in [0.717, 1.165) is 5.69 Å². The summed E-state index contributed by atoms with van der Waals surface area (Å²) in [5.41, 5.74) is 1.28. The van der Waals surface area contributed by atoms with Crippen molar-refractivity contribution in [2.24, 2.45) is 0 Å². The Kier molecular flexibility index (Phi) is 5.31. The molecule has 0 aliphatic heterocycles. The highest BCUT2D eigenvalue weighted by molar-refractivity contribution is 6.33. The van der Waals surface area contributed by atoms with Crippen molar-refractivity contribution in [3.63, 3.8) is 0 Å². The molecule has 4 nitrogen and oxygen atoms in total. The fraction of sp³-hybridized carbons (Fsp3) is 0.333. The highest BCUT2D eigenvalue weighted by atomic mass is 35.5. The van der Waals surface area contributed by atoms with Crippen LogP contribution in [0.25, 0.3) is 0 Å². The standard InChI is InChI=1S/C12H14ClN3O/c1-15-12(17)3-2-6-16-11-7-9(8-14)4-5-10(11)13/h4-5,7,16H,2-3,6H2,1H3,(H,15,17). The number of nitrogens with one attached hydrogen (secondary N) is 2. The third-order valence-corrected chi connectivity index (χ3v) is 2.60. The van der Waals surface area contributed by atoms with E-state index in [-0.39, 0.29) is 5.91 Å². The molecule has 1 aromatic carbocycles. The SMILES string of the molecule is CNC(=O)CCCNc1cc(C#N)ccc1Cl. The van der Waals surface area contributed by atoms with Crippen molar-refractivity contribution < 1.29 is 4.79 Å². The fourth-order valence-electron chi connectivity index (χ4n) is 1.33. The van der Waals surface area contributed by atoms with E-state index in [1.165, 1.54) is 0 Å². The second kappa shape index (κ2) is 6.77. The number of carbonyl (C=O) groups excluding carboxylic acids is 1. The molecule has 2 N–H and O–H groups in total. The highest BCUT2D eigenvalue weighted by Gasteiger charge is 2.02. The molecule has 0 heterocycles. The summed E-state index contributed by atoms with van der Waals surface area (Å²) in [6, 6.07) is 7.09. The summed E-state index contributed by atoms with van der Waals surface area (Å²) in [7, 11) is 1.61. The molecule has 1 amide bonds. The first-order chi connectivity index (χ1) is 8.17. The molecule has 0 spiro atoms. The number of carbonyl (C=O) groups is 1. The Morgan fingerprint density at radius 1 is 1.53 bits per heavy atom. The van der Waals surface area contributed by atoms with Gasteiger partial charge in [-0.2, -0.15) is 5.26 Å². The van der Waals surface area contributed by atoms with Crippen molar-refractivity contribution in [2.75, 3.05) is 18.9 Å². The van der Waals surface area contributed by atoms with Crippen LogP contribution in [0.2, 0.25) is 5.02 Å². The molecule has 0 atom stereocenters. The summed E-state index contributed by atoms with van der Waals surface area (Å²) < 4.78 is 0. The van der Waals surface area contributed by atoms with E-state index in [9.17, 15) is 4.79 Å². The maximum atomic E-state index is 11.0. The van der Waals surface area contributed by atoms with Crippen LogP contribution in [0.3, 0.4) is 0 Å². The number of amides is 1. The molecule has 1 rings (SSSR count). The van der Waals surface area contributed by atoms with E-state index in [1.807, 2.05) is 6.07 Å². The minimum atomic E-state index is 0.0173. The number of anilines is 1. The third kappa shape index (κ3) is 4.33. The van der Waals surface area contributed by atoms with Crippen molar-refractivity contribution in [3.8, 4) is 6.07 Å². The van der Waals surface area contributed by atoms with Crippen LogP contribution in [0, 0.1) is 11.3 Å². The van der Waals surface area contributed by atoms with Gasteiger partial charge in [-0.1, -0.05) is 11.6 Å². The van der Waals surface area contributed by atoms with Crippen molar-refractivity contribution in [1.82, 2.24) is 5.32 Å². The van der Waals surface area contributed by atoms with E-state index in [4.69, 9.17) is 16.9 Å². The smallest absolute Gasteiger partial charge is 0.219 e. The molecule has 5 heteroatoms. The Morgan fingerprint density at radius 3 is 2.94 bits per heavy atom. The number of nitriles is 1. The van der Waals surface area contributed by atoms with Gasteiger partial charge in [-0.05, 0) is 24.6 Å². The highest BCUT2D eigenvalue weighted by Crippen LogP contribution is 2.22. The topological polar surface area (TPSA) is 64.9 Å². The zero-order valence-electron chi connectivity index (χ0n) is 9.59. The number of nitrogens with zero attached hydrogens (tertiary/aromatic N) is 1. The van der Waals surface area contributed by atoms with Gasteiger partial charge < -0.3 is 10.6 Å². The molecule has 17 heavy (non-hydrogen) atoms. The van der Waals surface area contributed by atoms with Gasteiger partial charge in [0.2, 0.25) is 5.91 Å². The molecule has 0 radical (unpaired) electrons. The Bertz CT molecular complexity index is 440. The molecule has 0 aliphatic rings. The van der Waals surface area contributed by atoms with Crippen LogP contribution in [0.1, 0.15) is 18.4 Å². The predicted octanol–water partition coefficient (Wildman–Crippen LogP) is 2.15. The maximum absolute atomic E-state index is 11.0. The van der Waals surface area contributed by atoms with Crippen molar-refractivity contribution in [1.29, 1.82) is 5.26 Å². The third-order valence-electron chi connectivity index (χ3n) is 2.27. The molecular weight excluding hydrogens is 238 g/mol. The van der Waals surface area contributed by atoms with Crippen LogP contribution >= 0.6 is 11.6 Å². The summed E-state index contributed by atoms with van der Waals surface area (Å²) >= 11 is 5.97. The molecule has 0 saturated carbocycles. The normalized spacial score (nSPS) is 9.47. The Balaban J connectivity index is 2.46. The van der Waals surface area contributed by atoms with Crippen molar-refractivity contribution in [2.45, 2.75) is 12.8 Å². The maximum Gasteiger partial charge on any atom is 0.219 e. The van der Waals surface area contributed by atoms with Gasteiger partial charge in [0.1, 0.15) is 0 Å². The minimum Gasteiger partial charge on any atom is -0.384 e. The van der Waals surface area contributed by atoms with Crippen molar-refractivity contribution in [3.05, 3.63) is 28.8 Å². The van der Waals surface area contributed by atoms with Gasteiger partial charge in [0.15, 0.2) is 0 Å². The van der Waals surface area contributed by atoms with Gasteiger partial charge in [-0.25, -0.2) is 0 Å².